The van der Waals surface area contributed by atoms with Gasteiger partial charge in [-0.05, 0) is 18.2 Å². The molecule has 0 unspecified atom stereocenters. The summed E-state index contributed by atoms with van der Waals surface area (Å²) in [7, 11) is 0. The van der Waals surface area contributed by atoms with Crippen molar-refractivity contribution in [3.8, 4) is 11.4 Å². The molecule has 0 fully saturated rings. The predicted octanol–water partition coefficient (Wildman–Crippen LogP) is 0.971. The van der Waals surface area contributed by atoms with Crippen molar-refractivity contribution in [3.05, 3.63) is 46.6 Å². The molecule has 4 nitrogen and oxygen atoms in total. The molecule has 0 aliphatic heterocycles. The summed E-state index contributed by atoms with van der Waals surface area (Å²) < 4.78 is 12.5. The van der Waals surface area contributed by atoms with E-state index in [0.29, 0.717) is 11.4 Å². The Kier molecular flexibility index (Phi) is 2.06. The number of H-pyrrole nitrogens is 1. The van der Waals surface area contributed by atoms with Crippen LogP contribution in [0.25, 0.3) is 11.4 Å². The zero-order valence-corrected chi connectivity index (χ0v) is 7.07. The van der Waals surface area contributed by atoms with Crippen LogP contribution in [0.15, 0.2) is 35.3 Å². The highest BCUT2D eigenvalue weighted by Crippen LogP contribution is 2.10. The Morgan fingerprint density at radius 2 is 1.93 bits per heavy atom. The van der Waals surface area contributed by atoms with Crippen LogP contribution < -0.4 is 5.56 Å². The van der Waals surface area contributed by atoms with Crippen molar-refractivity contribution in [2.24, 2.45) is 0 Å². The van der Waals surface area contributed by atoms with Crippen LogP contribution in [0, 0.1) is 5.82 Å². The number of nitrogens with zero attached hydrogens (tertiary/aromatic N) is 2. The topological polar surface area (TPSA) is 58.6 Å². The first kappa shape index (κ1) is 8.55. The molecule has 5 heteroatoms. The summed E-state index contributed by atoms with van der Waals surface area (Å²) in [6.07, 6.45) is 1.10. The van der Waals surface area contributed by atoms with E-state index in [-0.39, 0.29) is 5.56 Å². The molecule has 14 heavy (non-hydrogen) atoms. The van der Waals surface area contributed by atoms with Gasteiger partial charge in [0.05, 0.1) is 11.9 Å². The van der Waals surface area contributed by atoms with Crippen LogP contribution in [0.5, 0.6) is 0 Å². The normalized spacial score (nSPS) is 10.1. The second-order valence-corrected chi connectivity index (χ2v) is 2.67. The maximum absolute atomic E-state index is 12.5. The van der Waals surface area contributed by atoms with Crippen molar-refractivity contribution in [3.63, 3.8) is 0 Å². The van der Waals surface area contributed by atoms with E-state index in [9.17, 15) is 9.18 Å². The third-order valence-corrected chi connectivity index (χ3v) is 1.67. The van der Waals surface area contributed by atoms with Crippen LogP contribution in [0.2, 0.25) is 0 Å². The van der Waals surface area contributed by atoms with Gasteiger partial charge < -0.3 is 0 Å². The lowest BCUT2D eigenvalue weighted by atomic mass is 10.2. The number of pyridine rings is 1. The summed E-state index contributed by atoms with van der Waals surface area (Å²) in [5.74, 6) is -0.404. The average Bonchev–Trinajstić information content (AvgIpc) is 2.21. The Morgan fingerprint density at radius 3 is 2.50 bits per heavy atom. The van der Waals surface area contributed by atoms with Crippen LogP contribution in [0.4, 0.5) is 4.39 Å². The Bertz CT molecular complexity index is 472. The monoisotopic (exact) mass is 191 g/mol. The van der Waals surface area contributed by atoms with Crippen molar-refractivity contribution in [1.29, 1.82) is 0 Å². The van der Waals surface area contributed by atoms with E-state index < -0.39 is 5.82 Å². The fraction of sp³-hybridized carbons (Fsp3) is 0. The summed E-state index contributed by atoms with van der Waals surface area (Å²) in [6, 6.07) is 5.65. The predicted molar refractivity (Wildman–Crippen MR) is 48.0 cm³/mol. The maximum Gasteiger partial charge on any atom is 0.264 e. The Balaban J connectivity index is 2.44. The van der Waals surface area contributed by atoms with E-state index in [2.05, 4.69) is 15.2 Å². The van der Waals surface area contributed by atoms with Crippen LogP contribution in [0.3, 0.4) is 0 Å². The molecule has 0 atom stereocenters. The molecule has 2 rings (SSSR count). The number of hydrogen-bond acceptors (Lipinski definition) is 3. The zero-order valence-electron chi connectivity index (χ0n) is 7.07. The number of rotatable bonds is 1. The molecule has 0 spiro atoms. The number of aromatic nitrogens is 3. The first-order chi connectivity index (χ1) is 6.75. The van der Waals surface area contributed by atoms with E-state index in [1.165, 1.54) is 24.3 Å². The second-order valence-electron chi connectivity index (χ2n) is 2.67. The van der Waals surface area contributed by atoms with Gasteiger partial charge in [0.15, 0.2) is 0 Å². The second kappa shape index (κ2) is 3.37. The van der Waals surface area contributed by atoms with Crippen LogP contribution in [-0.4, -0.2) is 15.2 Å². The van der Waals surface area contributed by atoms with Gasteiger partial charge in [-0.2, -0.15) is 5.10 Å². The van der Waals surface area contributed by atoms with Gasteiger partial charge in [0, 0.05) is 6.07 Å². The molecule has 2 aromatic heterocycles. The van der Waals surface area contributed by atoms with E-state index in [1.807, 2.05) is 0 Å². The van der Waals surface area contributed by atoms with Crippen molar-refractivity contribution in [2.45, 2.75) is 0 Å². The quantitative estimate of drug-likeness (QED) is 0.730. The minimum atomic E-state index is -0.404. The fourth-order valence-corrected chi connectivity index (χ4v) is 1.01. The minimum absolute atomic E-state index is 0.282. The number of nitrogens with one attached hydrogen (secondary N) is 1. The van der Waals surface area contributed by atoms with Crippen LogP contribution in [0.1, 0.15) is 0 Å². The van der Waals surface area contributed by atoms with Gasteiger partial charge in [-0.25, -0.2) is 9.49 Å². The number of aromatic amines is 1. The molecule has 0 aliphatic rings. The first-order valence-electron chi connectivity index (χ1n) is 3.93. The molecule has 0 aromatic carbocycles. The van der Waals surface area contributed by atoms with Crippen molar-refractivity contribution in [2.75, 3.05) is 0 Å². The molecule has 0 aliphatic carbocycles. The van der Waals surface area contributed by atoms with Gasteiger partial charge in [-0.15, -0.1) is 0 Å². The molecule has 0 amide bonds. The number of halogens is 1. The fourth-order valence-electron chi connectivity index (χ4n) is 1.01. The highest BCUT2D eigenvalue weighted by atomic mass is 19.1. The molecule has 2 heterocycles. The standard InChI is InChI=1S/C9H6FN3O/c10-6-1-2-7(11-5-6)8-3-4-9(14)13-12-8/h1-5H,(H,13,14). The smallest absolute Gasteiger partial charge is 0.264 e. The van der Waals surface area contributed by atoms with Gasteiger partial charge in [-0.3, -0.25) is 9.78 Å². The summed E-state index contributed by atoms with van der Waals surface area (Å²) >= 11 is 0. The molecule has 1 N–H and O–H groups in total. The average molecular weight is 191 g/mol. The van der Waals surface area contributed by atoms with Gasteiger partial charge in [-0.1, -0.05) is 0 Å². The SMILES string of the molecule is O=c1ccc(-c2ccc(F)cn2)n[nH]1. The third-order valence-electron chi connectivity index (χ3n) is 1.67. The summed E-state index contributed by atoms with van der Waals surface area (Å²) in [4.78, 5) is 14.5. The van der Waals surface area contributed by atoms with Gasteiger partial charge in [0.25, 0.3) is 5.56 Å². The lowest BCUT2D eigenvalue weighted by molar-refractivity contribution is 0.621. The van der Waals surface area contributed by atoms with Gasteiger partial charge in [0.1, 0.15) is 11.5 Å². The Labute approximate surface area is 78.4 Å². The van der Waals surface area contributed by atoms with E-state index in [4.69, 9.17) is 0 Å². The summed E-state index contributed by atoms with van der Waals surface area (Å²) in [5, 5.41) is 6.03. The largest absolute Gasteiger partial charge is 0.268 e. The molecule has 2 aromatic rings. The van der Waals surface area contributed by atoms with Crippen molar-refractivity contribution >= 4 is 0 Å². The van der Waals surface area contributed by atoms with Crippen LogP contribution >= 0.6 is 0 Å². The van der Waals surface area contributed by atoms with E-state index >= 15 is 0 Å². The first-order valence-corrected chi connectivity index (χ1v) is 3.93. The molecule has 0 saturated heterocycles. The molecule has 70 valence electrons. The molecule has 0 bridgehead atoms. The summed E-state index contributed by atoms with van der Waals surface area (Å²) in [6.45, 7) is 0. The maximum atomic E-state index is 12.5. The third kappa shape index (κ3) is 1.66. The van der Waals surface area contributed by atoms with Gasteiger partial charge in [0.2, 0.25) is 0 Å². The highest BCUT2D eigenvalue weighted by Gasteiger charge is 2.00. The van der Waals surface area contributed by atoms with Crippen LogP contribution in [-0.2, 0) is 0 Å². The Morgan fingerprint density at radius 1 is 1.14 bits per heavy atom. The molecular weight excluding hydrogens is 185 g/mol. The lowest BCUT2D eigenvalue weighted by Crippen LogP contribution is -2.05. The van der Waals surface area contributed by atoms with Crippen molar-refractivity contribution in [1.82, 2.24) is 15.2 Å². The molecular formula is C9H6FN3O. The highest BCUT2D eigenvalue weighted by molar-refractivity contribution is 5.52. The van der Waals surface area contributed by atoms with E-state index in [0.717, 1.165) is 6.20 Å². The minimum Gasteiger partial charge on any atom is -0.268 e. The summed E-state index contributed by atoms with van der Waals surface area (Å²) in [5.41, 5.74) is 0.739. The number of hydrogen-bond donors (Lipinski definition) is 1. The zero-order chi connectivity index (χ0) is 9.97. The molecule has 0 saturated carbocycles. The van der Waals surface area contributed by atoms with Crippen molar-refractivity contribution < 1.29 is 4.39 Å². The Hall–Kier alpha value is -2.04. The molecule has 0 radical (unpaired) electrons. The van der Waals surface area contributed by atoms with Gasteiger partial charge >= 0.3 is 0 Å². The van der Waals surface area contributed by atoms with E-state index in [1.54, 1.807) is 0 Å². The lowest BCUT2D eigenvalue weighted by Gasteiger charge is -1.97.